The van der Waals surface area contributed by atoms with Crippen LogP contribution in [0.25, 0.3) is 27.7 Å². The average Bonchev–Trinajstić information content (AvgIpc) is 3.05. The lowest BCUT2D eigenvalue weighted by Crippen LogP contribution is -2.29. The van der Waals surface area contributed by atoms with Gasteiger partial charge in [0.15, 0.2) is 17.1 Å². The van der Waals surface area contributed by atoms with E-state index < -0.39 is 0 Å². The molecule has 0 unspecified atom stereocenters. The molecule has 5 rings (SSSR count). The number of imidazole rings is 1. The number of pyridine rings is 1. The molecule has 1 fully saturated rings. The van der Waals surface area contributed by atoms with Crippen molar-refractivity contribution in [1.29, 1.82) is 0 Å². The molecule has 9 nitrogen and oxygen atoms in total. The minimum absolute atomic E-state index is 0.175. The minimum atomic E-state index is -0.175. The molecule has 0 spiro atoms. The second-order valence-corrected chi connectivity index (χ2v) is 8.54. The van der Waals surface area contributed by atoms with E-state index in [2.05, 4.69) is 38.4 Å². The van der Waals surface area contributed by atoms with Crippen molar-refractivity contribution in [2.24, 2.45) is 0 Å². The molecule has 4 heterocycles. The first-order valence-corrected chi connectivity index (χ1v) is 10.9. The van der Waals surface area contributed by atoms with Crippen LogP contribution in [0.4, 0.5) is 11.5 Å². The van der Waals surface area contributed by atoms with Crippen molar-refractivity contribution in [2.45, 2.75) is 6.42 Å². The Kier molecular flexibility index (Phi) is 5.05. The molecule has 0 radical (unpaired) electrons. The summed E-state index contributed by atoms with van der Waals surface area (Å²) in [4.78, 5) is 24.5. The predicted octanol–water partition coefficient (Wildman–Crippen LogP) is 2.00. The number of hydrogen-bond acceptors (Lipinski definition) is 7. The van der Waals surface area contributed by atoms with Crippen LogP contribution in [-0.2, 0) is 0 Å². The van der Waals surface area contributed by atoms with Gasteiger partial charge < -0.3 is 20.0 Å². The van der Waals surface area contributed by atoms with E-state index in [0.717, 1.165) is 60.5 Å². The topological polar surface area (TPSA) is 81.9 Å². The summed E-state index contributed by atoms with van der Waals surface area (Å²) in [6.45, 7) is 3.88. The maximum absolute atomic E-state index is 13.1. The lowest BCUT2D eigenvalue weighted by molar-refractivity contribution is 0.0965. The number of nitrogens with zero attached hydrogens (tertiary/aromatic N) is 7. The zero-order valence-electron chi connectivity index (χ0n) is 19.0. The molecule has 0 saturated carbocycles. The second kappa shape index (κ2) is 7.90. The number of carbonyl (C=O) groups is 1. The van der Waals surface area contributed by atoms with Crippen LogP contribution in [0, 0.1) is 0 Å². The summed E-state index contributed by atoms with van der Waals surface area (Å²) in [7, 11) is 7.69. The first-order valence-electron chi connectivity index (χ1n) is 10.9. The molecule has 4 aromatic rings. The van der Waals surface area contributed by atoms with Crippen LogP contribution in [0.5, 0.6) is 0 Å². The summed E-state index contributed by atoms with van der Waals surface area (Å²) in [5, 5.41) is 13.0. The minimum Gasteiger partial charge on any atom is -0.376 e. The summed E-state index contributed by atoms with van der Waals surface area (Å²) >= 11 is 0. The van der Waals surface area contributed by atoms with Crippen molar-refractivity contribution >= 4 is 45.1 Å². The number of anilines is 2. The number of benzene rings is 1. The van der Waals surface area contributed by atoms with Crippen LogP contribution in [0.3, 0.4) is 0 Å². The first kappa shape index (κ1) is 20.4. The van der Waals surface area contributed by atoms with E-state index in [1.165, 1.54) is 0 Å². The van der Waals surface area contributed by atoms with Crippen LogP contribution < -0.4 is 15.1 Å². The Bertz CT molecular complexity index is 1330. The molecule has 32 heavy (non-hydrogen) atoms. The highest BCUT2D eigenvalue weighted by Crippen LogP contribution is 2.35. The normalized spacial score (nSPS) is 15.4. The predicted molar refractivity (Wildman–Crippen MR) is 128 cm³/mol. The molecule has 1 saturated heterocycles. The van der Waals surface area contributed by atoms with Crippen molar-refractivity contribution in [3.8, 4) is 0 Å². The molecular weight excluding hydrogens is 404 g/mol. The summed E-state index contributed by atoms with van der Waals surface area (Å²) in [5.41, 5.74) is 4.33. The largest absolute Gasteiger partial charge is 0.376 e. The number of aromatic nitrogens is 4. The summed E-state index contributed by atoms with van der Waals surface area (Å²) in [6, 6.07) is 9.94. The molecular formula is C23H28N8O. The quantitative estimate of drug-likeness (QED) is 0.530. The van der Waals surface area contributed by atoms with Gasteiger partial charge in [-0.3, -0.25) is 9.20 Å². The van der Waals surface area contributed by atoms with Crippen LogP contribution in [0.2, 0.25) is 0 Å². The molecule has 1 aromatic carbocycles. The van der Waals surface area contributed by atoms with Gasteiger partial charge in [-0.05, 0) is 38.2 Å². The number of carbonyl (C=O) groups excluding carboxylic acids is 1. The summed E-state index contributed by atoms with van der Waals surface area (Å²) in [5.74, 6) is 0.660. The molecule has 1 amide bonds. The van der Waals surface area contributed by atoms with Gasteiger partial charge in [0.1, 0.15) is 5.56 Å². The molecule has 0 bridgehead atoms. The number of fused-ring (bicyclic) bond motifs is 5. The zero-order valence-corrected chi connectivity index (χ0v) is 19.0. The first-order chi connectivity index (χ1) is 15.5. The van der Waals surface area contributed by atoms with E-state index >= 15 is 0 Å². The number of para-hydroxylation sites is 2. The van der Waals surface area contributed by atoms with Gasteiger partial charge in [-0.25, -0.2) is 4.98 Å². The van der Waals surface area contributed by atoms with Crippen LogP contribution in [0.15, 0.2) is 30.3 Å². The average molecular weight is 433 g/mol. The Morgan fingerprint density at radius 3 is 2.66 bits per heavy atom. The number of likely N-dealkylation sites (N-methyl/N-ethyl adjacent to an activating group) is 1. The van der Waals surface area contributed by atoms with Gasteiger partial charge >= 0.3 is 0 Å². The molecule has 1 aliphatic rings. The third-order valence-corrected chi connectivity index (χ3v) is 6.19. The molecule has 0 aliphatic carbocycles. The monoisotopic (exact) mass is 432 g/mol. The molecule has 1 N–H and O–H groups in total. The highest BCUT2D eigenvalue weighted by molar-refractivity contribution is 6.13. The lowest BCUT2D eigenvalue weighted by Gasteiger charge is -2.24. The molecule has 3 aromatic heterocycles. The van der Waals surface area contributed by atoms with Crippen LogP contribution in [0.1, 0.15) is 16.8 Å². The Morgan fingerprint density at radius 1 is 1.06 bits per heavy atom. The van der Waals surface area contributed by atoms with Crippen molar-refractivity contribution in [2.75, 3.05) is 64.2 Å². The standard InChI is InChI=1S/C23H28N8O/c1-24-23(32)19-20(28(2)3)15-14-18(30-11-7-10-29(4)12-13-30)26-27-21(15)31-17-9-6-5-8-16(17)25-22(19)31/h5-6,8-9,14H,7,10-13H2,1-4H3,(H,24,32). The Balaban J connectivity index is 1.85. The molecule has 0 atom stereocenters. The van der Waals surface area contributed by atoms with Crippen molar-refractivity contribution < 1.29 is 4.79 Å². The second-order valence-electron chi connectivity index (χ2n) is 8.54. The van der Waals surface area contributed by atoms with Gasteiger partial charge in [-0.15, -0.1) is 10.2 Å². The van der Waals surface area contributed by atoms with E-state index in [4.69, 9.17) is 4.98 Å². The van der Waals surface area contributed by atoms with E-state index in [9.17, 15) is 4.79 Å². The Labute approximate surface area is 186 Å². The van der Waals surface area contributed by atoms with Gasteiger partial charge in [-0.1, -0.05) is 12.1 Å². The fraction of sp³-hybridized carbons (Fsp3) is 0.391. The van der Waals surface area contributed by atoms with Gasteiger partial charge in [0.25, 0.3) is 5.91 Å². The highest BCUT2D eigenvalue weighted by Gasteiger charge is 2.26. The van der Waals surface area contributed by atoms with Crippen molar-refractivity contribution in [3.05, 3.63) is 35.9 Å². The number of rotatable bonds is 3. The van der Waals surface area contributed by atoms with E-state index in [-0.39, 0.29) is 5.91 Å². The zero-order chi connectivity index (χ0) is 22.4. The molecule has 9 heteroatoms. The maximum atomic E-state index is 13.1. The maximum Gasteiger partial charge on any atom is 0.256 e. The number of hydrogen-bond donors (Lipinski definition) is 1. The number of amides is 1. The SMILES string of the molecule is CNC(=O)c1c(N(C)C)c2cc(N3CCCN(C)CC3)nnc2n2c1nc1ccccc12. The summed E-state index contributed by atoms with van der Waals surface area (Å²) < 4.78 is 1.95. The summed E-state index contributed by atoms with van der Waals surface area (Å²) in [6.07, 6.45) is 1.07. The highest BCUT2D eigenvalue weighted by atomic mass is 16.1. The fourth-order valence-corrected chi connectivity index (χ4v) is 4.59. The van der Waals surface area contributed by atoms with E-state index in [1.807, 2.05) is 47.7 Å². The molecule has 1 aliphatic heterocycles. The van der Waals surface area contributed by atoms with Gasteiger partial charge in [0.05, 0.1) is 16.7 Å². The van der Waals surface area contributed by atoms with E-state index in [1.54, 1.807) is 7.05 Å². The Hall–Kier alpha value is -3.46. The molecule has 166 valence electrons. The van der Waals surface area contributed by atoms with Crippen molar-refractivity contribution in [1.82, 2.24) is 29.8 Å². The lowest BCUT2D eigenvalue weighted by atomic mass is 10.1. The third-order valence-electron chi connectivity index (χ3n) is 6.19. The van der Waals surface area contributed by atoms with Crippen LogP contribution in [-0.4, -0.2) is 84.8 Å². The van der Waals surface area contributed by atoms with E-state index in [0.29, 0.717) is 16.9 Å². The number of nitrogens with one attached hydrogen (secondary N) is 1. The smallest absolute Gasteiger partial charge is 0.256 e. The third kappa shape index (κ3) is 3.20. The van der Waals surface area contributed by atoms with Gasteiger partial charge in [0.2, 0.25) is 0 Å². The van der Waals surface area contributed by atoms with Gasteiger partial charge in [-0.2, -0.15) is 0 Å². The van der Waals surface area contributed by atoms with Crippen LogP contribution >= 0.6 is 0 Å². The van der Waals surface area contributed by atoms with Gasteiger partial charge in [0, 0.05) is 46.2 Å². The van der Waals surface area contributed by atoms with Crippen molar-refractivity contribution in [3.63, 3.8) is 0 Å². The Morgan fingerprint density at radius 2 is 1.88 bits per heavy atom. The fourth-order valence-electron chi connectivity index (χ4n) is 4.59.